The van der Waals surface area contributed by atoms with E-state index >= 15 is 0 Å². The van der Waals surface area contributed by atoms with Crippen LogP contribution in [0.3, 0.4) is 0 Å². The number of hydrogen-bond acceptors (Lipinski definition) is 2. The van der Waals surface area contributed by atoms with Crippen molar-refractivity contribution in [2.45, 2.75) is 36.3 Å². The van der Waals surface area contributed by atoms with Gasteiger partial charge in [0.25, 0.3) is 0 Å². The summed E-state index contributed by atoms with van der Waals surface area (Å²) in [6.45, 7) is 3.65. The number of carboxylic acids is 1. The summed E-state index contributed by atoms with van der Waals surface area (Å²) in [4.78, 5) is 12.0. The molecule has 4 heteroatoms. The maximum atomic E-state index is 12.7. The molecule has 16 heavy (non-hydrogen) atoms. The van der Waals surface area contributed by atoms with Crippen LogP contribution in [0.15, 0.2) is 29.2 Å². The Morgan fingerprint density at radius 2 is 2.00 bits per heavy atom. The summed E-state index contributed by atoms with van der Waals surface area (Å²) in [5.41, 5.74) is 0. The minimum Gasteiger partial charge on any atom is -0.480 e. The number of carboxylic acid groups (broad SMARTS) is 1. The highest BCUT2D eigenvalue weighted by Gasteiger charge is 2.33. The van der Waals surface area contributed by atoms with Crippen molar-refractivity contribution in [3.05, 3.63) is 30.1 Å². The Hall–Kier alpha value is -1.03. The molecule has 0 fully saturated rings. The molecule has 0 amide bonds. The lowest BCUT2D eigenvalue weighted by atomic mass is 10.1. The molecule has 1 aromatic carbocycles. The van der Waals surface area contributed by atoms with Gasteiger partial charge in [0.2, 0.25) is 0 Å². The van der Waals surface area contributed by atoms with Crippen molar-refractivity contribution in [2.75, 3.05) is 0 Å². The molecule has 0 bridgehead atoms. The molecule has 0 spiro atoms. The van der Waals surface area contributed by atoms with Crippen LogP contribution in [0.4, 0.5) is 4.39 Å². The Balaban J connectivity index is 2.83. The zero-order valence-corrected chi connectivity index (χ0v) is 10.2. The van der Waals surface area contributed by atoms with Gasteiger partial charge in [-0.1, -0.05) is 13.3 Å². The van der Waals surface area contributed by atoms with Crippen LogP contribution >= 0.6 is 11.8 Å². The summed E-state index contributed by atoms with van der Waals surface area (Å²) in [6.07, 6.45) is 1.39. The fraction of sp³-hybridized carbons (Fsp3) is 0.417. The summed E-state index contributed by atoms with van der Waals surface area (Å²) >= 11 is 1.27. The van der Waals surface area contributed by atoms with Crippen LogP contribution < -0.4 is 0 Å². The van der Waals surface area contributed by atoms with E-state index in [1.807, 2.05) is 6.92 Å². The molecule has 1 N–H and O–H groups in total. The average molecular weight is 242 g/mol. The summed E-state index contributed by atoms with van der Waals surface area (Å²) in [5.74, 6) is -1.14. The summed E-state index contributed by atoms with van der Waals surface area (Å²) in [7, 11) is 0. The van der Waals surface area contributed by atoms with Gasteiger partial charge in [-0.05, 0) is 37.6 Å². The topological polar surface area (TPSA) is 37.3 Å². The molecular weight excluding hydrogens is 227 g/mol. The fourth-order valence-corrected chi connectivity index (χ4v) is 2.63. The predicted octanol–water partition coefficient (Wildman–Crippen LogP) is 3.56. The molecule has 0 saturated carbocycles. The van der Waals surface area contributed by atoms with E-state index in [1.54, 1.807) is 19.1 Å². The highest BCUT2D eigenvalue weighted by Crippen LogP contribution is 2.36. The van der Waals surface area contributed by atoms with Crippen LogP contribution in [0.1, 0.15) is 26.7 Å². The van der Waals surface area contributed by atoms with Gasteiger partial charge >= 0.3 is 5.97 Å². The smallest absolute Gasteiger partial charge is 0.319 e. The minimum absolute atomic E-state index is 0.308. The van der Waals surface area contributed by atoms with Crippen molar-refractivity contribution in [3.8, 4) is 0 Å². The Bertz CT molecular complexity index is 364. The Morgan fingerprint density at radius 1 is 1.44 bits per heavy atom. The van der Waals surface area contributed by atoms with Crippen LogP contribution in [0.2, 0.25) is 0 Å². The third-order valence-corrected chi connectivity index (χ3v) is 3.67. The van der Waals surface area contributed by atoms with Crippen molar-refractivity contribution in [3.63, 3.8) is 0 Å². The van der Waals surface area contributed by atoms with Crippen molar-refractivity contribution in [2.24, 2.45) is 0 Å². The summed E-state index contributed by atoms with van der Waals surface area (Å²) in [5, 5.41) is 9.18. The number of rotatable bonds is 5. The highest BCUT2D eigenvalue weighted by molar-refractivity contribution is 8.01. The molecule has 2 nitrogen and oxygen atoms in total. The molecule has 1 rings (SSSR count). The van der Waals surface area contributed by atoms with Crippen LogP contribution in [-0.2, 0) is 4.79 Å². The van der Waals surface area contributed by atoms with Crippen molar-refractivity contribution in [1.82, 2.24) is 0 Å². The van der Waals surface area contributed by atoms with Crippen LogP contribution in [-0.4, -0.2) is 15.8 Å². The van der Waals surface area contributed by atoms with Gasteiger partial charge in [-0.15, -0.1) is 11.8 Å². The monoisotopic (exact) mass is 242 g/mol. The quantitative estimate of drug-likeness (QED) is 0.802. The van der Waals surface area contributed by atoms with E-state index in [9.17, 15) is 14.3 Å². The molecule has 0 aromatic heterocycles. The van der Waals surface area contributed by atoms with Gasteiger partial charge in [0.15, 0.2) is 0 Å². The van der Waals surface area contributed by atoms with Gasteiger partial charge < -0.3 is 5.11 Å². The van der Waals surface area contributed by atoms with E-state index in [-0.39, 0.29) is 5.82 Å². The predicted molar refractivity (Wildman–Crippen MR) is 63.2 cm³/mol. The molecule has 0 aliphatic carbocycles. The number of thioether (sulfide) groups is 1. The van der Waals surface area contributed by atoms with Gasteiger partial charge in [-0.2, -0.15) is 0 Å². The summed E-state index contributed by atoms with van der Waals surface area (Å²) < 4.78 is 11.9. The van der Waals surface area contributed by atoms with Gasteiger partial charge in [0.1, 0.15) is 10.6 Å². The van der Waals surface area contributed by atoms with Gasteiger partial charge in [0.05, 0.1) is 0 Å². The first-order valence-corrected chi connectivity index (χ1v) is 5.97. The SMILES string of the molecule is CCCC(C)(Sc1ccc(F)cc1)C(=O)O. The first kappa shape index (κ1) is 13.0. The molecular formula is C12H15FO2S. The van der Waals surface area contributed by atoms with Crippen LogP contribution in [0.5, 0.6) is 0 Å². The molecule has 0 heterocycles. The fourth-order valence-electron chi connectivity index (χ4n) is 1.44. The number of hydrogen-bond donors (Lipinski definition) is 1. The standard InChI is InChI=1S/C12H15FO2S/c1-3-8-12(2,11(14)15)16-10-6-4-9(13)5-7-10/h4-7H,3,8H2,1-2H3,(H,14,15). The average Bonchev–Trinajstić information content (AvgIpc) is 2.22. The van der Waals surface area contributed by atoms with Crippen molar-refractivity contribution in [1.29, 1.82) is 0 Å². The van der Waals surface area contributed by atoms with E-state index < -0.39 is 10.7 Å². The van der Waals surface area contributed by atoms with Gasteiger partial charge in [0, 0.05) is 4.90 Å². The van der Waals surface area contributed by atoms with Crippen molar-refractivity contribution < 1.29 is 14.3 Å². The van der Waals surface area contributed by atoms with Crippen molar-refractivity contribution >= 4 is 17.7 Å². The molecule has 1 aromatic rings. The molecule has 1 atom stereocenters. The second-order valence-electron chi connectivity index (χ2n) is 3.84. The zero-order valence-electron chi connectivity index (χ0n) is 9.37. The van der Waals surface area contributed by atoms with Gasteiger partial charge in [-0.3, -0.25) is 4.79 Å². The molecule has 88 valence electrons. The normalized spacial score (nSPS) is 14.4. The number of carbonyl (C=O) groups is 1. The lowest BCUT2D eigenvalue weighted by molar-refractivity contribution is -0.139. The Kier molecular flexibility index (Phi) is 4.35. The highest BCUT2D eigenvalue weighted by atomic mass is 32.2. The molecule has 0 aliphatic rings. The molecule has 0 saturated heterocycles. The first-order valence-electron chi connectivity index (χ1n) is 5.16. The maximum Gasteiger partial charge on any atom is 0.319 e. The molecule has 0 aliphatic heterocycles. The lowest BCUT2D eigenvalue weighted by Gasteiger charge is -2.23. The van der Waals surface area contributed by atoms with E-state index in [4.69, 9.17) is 0 Å². The molecule has 0 radical (unpaired) electrons. The van der Waals surface area contributed by atoms with Crippen LogP contribution in [0.25, 0.3) is 0 Å². The third kappa shape index (κ3) is 3.23. The molecule has 1 unspecified atom stereocenters. The Labute approximate surface area is 98.9 Å². The maximum absolute atomic E-state index is 12.7. The van der Waals surface area contributed by atoms with Crippen LogP contribution in [0, 0.1) is 5.82 Å². The first-order chi connectivity index (χ1) is 7.48. The second-order valence-corrected chi connectivity index (χ2v) is 5.42. The Morgan fingerprint density at radius 3 is 2.44 bits per heavy atom. The number of aliphatic carboxylic acids is 1. The van der Waals surface area contributed by atoms with E-state index in [0.717, 1.165) is 11.3 Å². The number of halogens is 1. The zero-order chi connectivity index (χ0) is 12.2. The number of benzene rings is 1. The lowest BCUT2D eigenvalue weighted by Crippen LogP contribution is -2.31. The second kappa shape index (κ2) is 5.34. The van der Waals surface area contributed by atoms with E-state index in [2.05, 4.69) is 0 Å². The third-order valence-electron chi connectivity index (χ3n) is 2.34. The van der Waals surface area contributed by atoms with Gasteiger partial charge in [-0.25, -0.2) is 4.39 Å². The summed E-state index contributed by atoms with van der Waals surface area (Å²) in [6, 6.07) is 5.90. The minimum atomic E-state index is -0.841. The van der Waals surface area contributed by atoms with E-state index in [1.165, 1.54) is 23.9 Å². The van der Waals surface area contributed by atoms with E-state index in [0.29, 0.717) is 6.42 Å². The largest absolute Gasteiger partial charge is 0.480 e.